The van der Waals surface area contributed by atoms with Gasteiger partial charge in [-0.25, -0.2) is 4.39 Å². The number of thiophene rings is 1. The van der Waals surface area contributed by atoms with Crippen molar-refractivity contribution in [1.29, 1.82) is 0 Å². The van der Waals surface area contributed by atoms with Crippen LogP contribution >= 0.6 is 23.1 Å². The molecule has 0 bridgehead atoms. The highest BCUT2D eigenvalue weighted by atomic mass is 32.2. The molecule has 0 aliphatic heterocycles. The van der Waals surface area contributed by atoms with Crippen LogP contribution in [-0.4, -0.2) is 29.0 Å². The van der Waals surface area contributed by atoms with E-state index in [-0.39, 0.29) is 28.6 Å². The van der Waals surface area contributed by atoms with Crippen LogP contribution in [0.25, 0.3) is 11.5 Å². The molecule has 9 heteroatoms. The van der Waals surface area contributed by atoms with Crippen molar-refractivity contribution >= 4 is 34.7 Å². The van der Waals surface area contributed by atoms with Gasteiger partial charge in [0.2, 0.25) is 11.8 Å². The number of carbonyl (C=O) groups is 1. The van der Waals surface area contributed by atoms with Crippen LogP contribution in [0.4, 0.5) is 10.1 Å². The van der Waals surface area contributed by atoms with Crippen LogP contribution in [-0.2, 0) is 11.3 Å². The summed E-state index contributed by atoms with van der Waals surface area (Å²) in [6.07, 6.45) is 0. The van der Waals surface area contributed by atoms with Gasteiger partial charge in [0.25, 0.3) is 5.22 Å². The van der Waals surface area contributed by atoms with Crippen molar-refractivity contribution in [2.45, 2.75) is 11.8 Å². The minimum absolute atomic E-state index is 0.0925. The number of carbonyl (C=O) groups excluding carboxylic acids is 1. The molecule has 2 heterocycles. The standard InChI is InChI=1S/C22H18FN3O3S2/c1-28-18-10-8-17(9-11-18)26(13-19-3-2-12-30-19)20(27)14-31-22-25-24-21(29-22)15-4-6-16(23)7-5-15/h2-12H,13-14H2,1H3. The van der Waals surface area contributed by atoms with Gasteiger partial charge in [0, 0.05) is 16.1 Å². The number of halogens is 1. The lowest BCUT2D eigenvalue weighted by Gasteiger charge is -2.22. The SMILES string of the molecule is COc1ccc(N(Cc2cccs2)C(=O)CSc2nnc(-c3ccc(F)cc3)o2)cc1. The predicted octanol–water partition coefficient (Wildman–Crippen LogP) is 5.27. The first kappa shape index (κ1) is 21.1. The summed E-state index contributed by atoms with van der Waals surface area (Å²) in [5.74, 6) is 0.696. The lowest BCUT2D eigenvalue weighted by molar-refractivity contribution is -0.116. The molecule has 0 fully saturated rings. The summed E-state index contributed by atoms with van der Waals surface area (Å²) in [5, 5.41) is 10.2. The number of benzene rings is 2. The molecule has 0 N–H and O–H groups in total. The zero-order valence-corrected chi connectivity index (χ0v) is 18.2. The molecule has 158 valence electrons. The van der Waals surface area contributed by atoms with E-state index in [9.17, 15) is 9.18 Å². The number of anilines is 1. The minimum Gasteiger partial charge on any atom is -0.497 e. The molecule has 0 spiro atoms. The van der Waals surface area contributed by atoms with Crippen molar-refractivity contribution in [2.24, 2.45) is 0 Å². The number of methoxy groups -OCH3 is 1. The van der Waals surface area contributed by atoms with Crippen molar-refractivity contribution in [2.75, 3.05) is 17.8 Å². The van der Waals surface area contributed by atoms with E-state index >= 15 is 0 Å². The third kappa shape index (κ3) is 5.31. The van der Waals surface area contributed by atoms with Gasteiger partial charge < -0.3 is 14.1 Å². The molecular formula is C22H18FN3O3S2. The van der Waals surface area contributed by atoms with Gasteiger partial charge in [-0.3, -0.25) is 4.79 Å². The van der Waals surface area contributed by atoms with Gasteiger partial charge in [-0.05, 0) is 60.0 Å². The van der Waals surface area contributed by atoms with Crippen LogP contribution in [0.1, 0.15) is 4.88 Å². The Kier molecular flexibility index (Phi) is 6.63. The average Bonchev–Trinajstić information content (AvgIpc) is 3.49. The zero-order valence-electron chi connectivity index (χ0n) is 16.5. The normalized spacial score (nSPS) is 10.8. The summed E-state index contributed by atoms with van der Waals surface area (Å²) < 4.78 is 23.9. The molecule has 31 heavy (non-hydrogen) atoms. The summed E-state index contributed by atoms with van der Waals surface area (Å²) >= 11 is 2.76. The molecule has 4 rings (SSSR count). The van der Waals surface area contributed by atoms with Crippen LogP contribution in [0.3, 0.4) is 0 Å². The summed E-state index contributed by atoms with van der Waals surface area (Å²) in [6.45, 7) is 0.466. The van der Waals surface area contributed by atoms with Crippen LogP contribution in [0.2, 0.25) is 0 Å². The topological polar surface area (TPSA) is 68.5 Å². The number of ether oxygens (including phenoxy) is 1. The number of hydrogen-bond acceptors (Lipinski definition) is 7. The molecule has 6 nitrogen and oxygen atoms in total. The van der Waals surface area contributed by atoms with Gasteiger partial charge in [-0.15, -0.1) is 21.5 Å². The molecule has 0 unspecified atom stereocenters. The summed E-state index contributed by atoms with van der Waals surface area (Å²) in [7, 11) is 1.60. The molecule has 0 aliphatic rings. The van der Waals surface area contributed by atoms with Crippen LogP contribution in [0.5, 0.6) is 5.75 Å². The Hall–Kier alpha value is -3.17. The first-order valence-corrected chi connectivity index (χ1v) is 11.2. The third-order valence-electron chi connectivity index (χ3n) is 4.40. The van der Waals surface area contributed by atoms with Crippen LogP contribution in [0, 0.1) is 5.82 Å². The maximum absolute atomic E-state index is 13.1. The number of hydrogen-bond donors (Lipinski definition) is 0. The fourth-order valence-electron chi connectivity index (χ4n) is 2.82. The summed E-state index contributed by atoms with van der Waals surface area (Å²) in [6, 6.07) is 17.1. The highest BCUT2D eigenvalue weighted by Crippen LogP contribution is 2.26. The van der Waals surface area contributed by atoms with Gasteiger partial charge >= 0.3 is 0 Å². The van der Waals surface area contributed by atoms with Gasteiger partial charge in [-0.2, -0.15) is 0 Å². The number of thioether (sulfide) groups is 1. The predicted molar refractivity (Wildman–Crippen MR) is 119 cm³/mol. The molecule has 2 aromatic carbocycles. The van der Waals surface area contributed by atoms with E-state index in [1.165, 1.54) is 12.1 Å². The van der Waals surface area contributed by atoms with E-state index in [0.29, 0.717) is 12.1 Å². The number of nitrogens with zero attached hydrogens (tertiary/aromatic N) is 3. The second-order valence-corrected chi connectivity index (χ2v) is 8.38. The Morgan fingerprint density at radius 2 is 1.90 bits per heavy atom. The van der Waals surface area contributed by atoms with Gasteiger partial charge in [-0.1, -0.05) is 17.8 Å². The van der Waals surface area contributed by atoms with E-state index < -0.39 is 0 Å². The molecule has 4 aromatic rings. The van der Waals surface area contributed by atoms with Crippen molar-refractivity contribution in [3.05, 3.63) is 76.7 Å². The molecule has 0 saturated heterocycles. The van der Waals surface area contributed by atoms with E-state index in [2.05, 4.69) is 10.2 Å². The molecule has 0 saturated carbocycles. The van der Waals surface area contributed by atoms with Crippen molar-refractivity contribution in [3.8, 4) is 17.2 Å². The van der Waals surface area contributed by atoms with Crippen molar-refractivity contribution < 1.29 is 18.3 Å². The maximum atomic E-state index is 13.1. The Labute approximate surface area is 186 Å². The quantitative estimate of drug-likeness (QED) is 0.337. The molecule has 0 radical (unpaired) electrons. The number of amides is 1. The molecular weight excluding hydrogens is 437 g/mol. The fraction of sp³-hybridized carbons (Fsp3) is 0.136. The fourth-order valence-corrected chi connectivity index (χ4v) is 4.15. The van der Waals surface area contributed by atoms with Gasteiger partial charge in [0.1, 0.15) is 11.6 Å². The van der Waals surface area contributed by atoms with E-state index in [4.69, 9.17) is 9.15 Å². The Bertz CT molecular complexity index is 1130. The highest BCUT2D eigenvalue weighted by molar-refractivity contribution is 7.99. The van der Waals surface area contributed by atoms with E-state index in [1.807, 2.05) is 41.8 Å². The van der Waals surface area contributed by atoms with Crippen molar-refractivity contribution in [3.63, 3.8) is 0 Å². The Balaban J connectivity index is 1.46. The second kappa shape index (κ2) is 9.76. The largest absolute Gasteiger partial charge is 0.497 e. The van der Waals surface area contributed by atoms with Gasteiger partial charge in [0.05, 0.1) is 19.4 Å². The monoisotopic (exact) mass is 455 g/mol. The van der Waals surface area contributed by atoms with Crippen LogP contribution in [0.15, 0.2) is 75.7 Å². The number of rotatable bonds is 8. The lowest BCUT2D eigenvalue weighted by atomic mass is 10.2. The van der Waals surface area contributed by atoms with Gasteiger partial charge in [0.15, 0.2) is 0 Å². The second-order valence-electron chi connectivity index (χ2n) is 6.43. The molecule has 0 aliphatic carbocycles. The molecule has 1 amide bonds. The maximum Gasteiger partial charge on any atom is 0.277 e. The first-order chi connectivity index (χ1) is 15.1. The summed E-state index contributed by atoms with van der Waals surface area (Å²) in [4.78, 5) is 15.9. The first-order valence-electron chi connectivity index (χ1n) is 9.31. The lowest BCUT2D eigenvalue weighted by Crippen LogP contribution is -2.31. The van der Waals surface area contributed by atoms with Crippen molar-refractivity contribution in [1.82, 2.24) is 10.2 Å². The average molecular weight is 456 g/mol. The Morgan fingerprint density at radius 3 is 2.58 bits per heavy atom. The van der Waals surface area contributed by atoms with Crippen LogP contribution < -0.4 is 9.64 Å². The van der Waals surface area contributed by atoms with E-state index in [0.717, 1.165) is 28.1 Å². The summed E-state index contributed by atoms with van der Waals surface area (Å²) in [5.41, 5.74) is 1.39. The smallest absolute Gasteiger partial charge is 0.277 e. The number of aromatic nitrogens is 2. The van der Waals surface area contributed by atoms with E-state index in [1.54, 1.807) is 35.5 Å². The molecule has 2 aromatic heterocycles. The third-order valence-corrected chi connectivity index (χ3v) is 6.06. The molecule has 0 atom stereocenters. The Morgan fingerprint density at radius 1 is 1.13 bits per heavy atom. The zero-order chi connectivity index (χ0) is 21.6. The minimum atomic E-state index is -0.340. The highest BCUT2D eigenvalue weighted by Gasteiger charge is 2.19.